The summed E-state index contributed by atoms with van der Waals surface area (Å²) in [6, 6.07) is 11.4. The Morgan fingerprint density at radius 3 is 1.95 bits per heavy atom. The summed E-state index contributed by atoms with van der Waals surface area (Å²) in [6.07, 6.45) is 1.45. The van der Waals surface area contributed by atoms with Crippen molar-refractivity contribution in [3.05, 3.63) is 59.2 Å². The van der Waals surface area contributed by atoms with E-state index in [2.05, 4.69) is 0 Å². The maximum absolute atomic E-state index is 10.2. The second-order valence-electron chi connectivity index (χ2n) is 3.90. The van der Waals surface area contributed by atoms with E-state index in [9.17, 15) is 9.59 Å². The van der Waals surface area contributed by atoms with Crippen LogP contribution in [0.5, 0.6) is 11.5 Å². The molecule has 0 atom stereocenters. The smallest absolute Gasteiger partial charge is 0.158 e. The number of hydrogen-bond acceptors (Lipinski definition) is 4. The van der Waals surface area contributed by atoms with Gasteiger partial charge in [0.15, 0.2) is 11.5 Å². The Balaban J connectivity index is 0.000000191. The minimum absolute atomic E-state index is 0.217. The Morgan fingerprint density at radius 2 is 1.47 bits per heavy atom. The van der Waals surface area contributed by atoms with Crippen molar-refractivity contribution in [2.45, 2.75) is 6.92 Å². The van der Waals surface area contributed by atoms with Gasteiger partial charge in [0.25, 0.3) is 0 Å². The zero-order valence-corrected chi connectivity index (χ0v) is 10.4. The Kier molecular flexibility index (Phi) is 5.29. The number of aldehydes is 2. The first-order valence-corrected chi connectivity index (χ1v) is 5.56. The molecular formula is C15H14O4. The molecule has 2 N–H and O–H groups in total. The molecule has 0 saturated heterocycles. The lowest BCUT2D eigenvalue weighted by molar-refractivity contribution is 0.111. The molecule has 2 rings (SSSR count). The van der Waals surface area contributed by atoms with E-state index in [1.165, 1.54) is 18.2 Å². The molecule has 0 bridgehead atoms. The van der Waals surface area contributed by atoms with Crippen molar-refractivity contribution in [3.8, 4) is 11.5 Å². The average molecular weight is 258 g/mol. The fourth-order valence-corrected chi connectivity index (χ4v) is 1.36. The molecule has 0 aliphatic carbocycles. The van der Waals surface area contributed by atoms with E-state index in [4.69, 9.17) is 10.2 Å². The van der Waals surface area contributed by atoms with E-state index in [1.807, 2.05) is 25.1 Å². The van der Waals surface area contributed by atoms with Gasteiger partial charge in [0.1, 0.15) is 12.6 Å². The Labute approximate surface area is 111 Å². The summed E-state index contributed by atoms with van der Waals surface area (Å²) in [5.41, 5.74) is 2.21. The van der Waals surface area contributed by atoms with Gasteiger partial charge in [0.05, 0.1) is 0 Å². The Bertz CT molecular complexity index is 576. The molecule has 0 aliphatic rings. The molecule has 0 fully saturated rings. The third-order valence-corrected chi connectivity index (χ3v) is 2.31. The molecule has 2 aromatic rings. The molecule has 98 valence electrons. The van der Waals surface area contributed by atoms with Crippen LogP contribution >= 0.6 is 0 Å². The van der Waals surface area contributed by atoms with E-state index in [1.54, 1.807) is 6.07 Å². The predicted octanol–water partition coefficient (Wildman–Crippen LogP) is 2.72. The average Bonchev–Trinajstić information content (AvgIpc) is 2.42. The maximum Gasteiger partial charge on any atom is 0.158 e. The fourth-order valence-electron chi connectivity index (χ4n) is 1.36. The number of benzene rings is 2. The van der Waals surface area contributed by atoms with Crippen molar-refractivity contribution < 1.29 is 19.8 Å². The second-order valence-corrected chi connectivity index (χ2v) is 3.90. The molecular weight excluding hydrogens is 244 g/mol. The van der Waals surface area contributed by atoms with Crippen molar-refractivity contribution in [2.75, 3.05) is 0 Å². The number of aromatic hydroxyl groups is 2. The zero-order valence-electron chi connectivity index (χ0n) is 10.4. The highest BCUT2D eigenvalue weighted by Gasteiger charge is 1.97. The zero-order chi connectivity index (χ0) is 14.3. The van der Waals surface area contributed by atoms with E-state index in [-0.39, 0.29) is 11.5 Å². The van der Waals surface area contributed by atoms with Crippen LogP contribution in [0.25, 0.3) is 0 Å². The first kappa shape index (κ1) is 14.4. The summed E-state index contributed by atoms with van der Waals surface area (Å²) < 4.78 is 0. The lowest BCUT2D eigenvalue weighted by atomic mass is 10.2. The van der Waals surface area contributed by atoms with Gasteiger partial charge in [0, 0.05) is 11.1 Å². The Hall–Kier alpha value is -2.62. The first-order valence-electron chi connectivity index (χ1n) is 5.56. The minimum Gasteiger partial charge on any atom is -0.504 e. The first-order chi connectivity index (χ1) is 9.06. The molecule has 2 aromatic carbocycles. The SMILES string of the molecule is Cc1cccc(C=O)c1.O=Cc1ccc(O)c(O)c1. The van der Waals surface area contributed by atoms with Gasteiger partial charge in [-0.1, -0.05) is 23.8 Å². The molecule has 19 heavy (non-hydrogen) atoms. The minimum atomic E-state index is -0.274. The van der Waals surface area contributed by atoms with Crippen LogP contribution in [0.2, 0.25) is 0 Å². The molecule has 0 aliphatic heterocycles. The third-order valence-electron chi connectivity index (χ3n) is 2.31. The lowest BCUT2D eigenvalue weighted by Crippen LogP contribution is -1.78. The van der Waals surface area contributed by atoms with Gasteiger partial charge in [-0.25, -0.2) is 0 Å². The molecule has 0 spiro atoms. The van der Waals surface area contributed by atoms with Crippen LogP contribution in [0.1, 0.15) is 26.3 Å². The van der Waals surface area contributed by atoms with Crippen LogP contribution in [-0.4, -0.2) is 22.8 Å². The summed E-state index contributed by atoms with van der Waals surface area (Å²) in [7, 11) is 0. The van der Waals surface area contributed by atoms with Crippen molar-refractivity contribution >= 4 is 12.6 Å². The number of carbonyl (C=O) groups is 2. The van der Waals surface area contributed by atoms with E-state index in [0.717, 1.165) is 17.4 Å². The summed E-state index contributed by atoms with van der Waals surface area (Å²) in [4.78, 5) is 20.2. The van der Waals surface area contributed by atoms with Gasteiger partial charge in [-0.05, 0) is 31.2 Å². The topological polar surface area (TPSA) is 74.6 Å². The molecule has 0 heterocycles. The number of rotatable bonds is 2. The number of carbonyl (C=O) groups excluding carboxylic acids is 2. The standard InChI is InChI=1S/C8H8O.C7H6O3/c1-7-3-2-4-8(5-7)6-9;8-4-5-1-2-6(9)7(10)3-5/h2-6H,1H3;1-4,9-10H. The van der Waals surface area contributed by atoms with E-state index in [0.29, 0.717) is 11.8 Å². The molecule has 0 aromatic heterocycles. The monoisotopic (exact) mass is 258 g/mol. The Morgan fingerprint density at radius 1 is 0.842 bits per heavy atom. The van der Waals surface area contributed by atoms with Crippen LogP contribution in [0.4, 0.5) is 0 Å². The highest BCUT2D eigenvalue weighted by atomic mass is 16.3. The molecule has 4 heteroatoms. The molecule has 0 amide bonds. The molecule has 0 saturated carbocycles. The number of hydrogen-bond donors (Lipinski definition) is 2. The summed E-state index contributed by atoms with van der Waals surface area (Å²) >= 11 is 0. The van der Waals surface area contributed by atoms with Crippen molar-refractivity contribution in [3.63, 3.8) is 0 Å². The van der Waals surface area contributed by atoms with Crippen molar-refractivity contribution in [2.24, 2.45) is 0 Å². The largest absolute Gasteiger partial charge is 0.504 e. The lowest BCUT2D eigenvalue weighted by Gasteiger charge is -1.95. The van der Waals surface area contributed by atoms with E-state index < -0.39 is 0 Å². The normalized spacial score (nSPS) is 9.11. The van der Waals surface area contributed by atoms with Crippen molar-refractivity contribution in [1.82, 2.24) is 0 Å². The van der Waals surface area contributed by atoms with Gasteiger partial charge < -0.3 is 10.2 Å². The molecule has 4 nitrogen and oxygen atoms in total. The summed E-state index contributed by atoms with van der Waals surface area (Å²) in [6.45, 7) is 1.97. The van der Waals surface area contributed by atoms with Gasteiger partial charge >= 0.3 is 0 Å². The van der Waals surface area contributed by atoms with Crippen LogP contribution < -0.4 is 0 Å². The van der Waals surface area contributed by atoms with Gasteiger partial charge in [-0.15, -0.1) is 0 Å². The van der Waals surface area contributed by atoms with Crippen LogP contribution in [0, 0.1) is 6.92 Å². The van der Waals surface area contributed by atoms with Gasteiger partial charge in [0.2, 0.25) is 0 Å². The quantitative estimate of drug-likeness (QED) is 0.641. The molecule has 0 radical (unpaired) electrons. The number of phenols is 2. The van der Waals surface area contributed by atoms with Crippen LogP contribution in [-0.2, 0) is 0 Å². The van der Waals surface area contributed by atoms with Gasteiger partial charge in [-0.2, -0.15) is 0 Å². The fraction of sp³-hybridized carbons (Fsp3) is 0.0667. The van der Waals surface area contributed by atoms with Crippen molar-refractivity contribution in [1.29, 1.82) is 0 Å². The van der Waals surface area contributed by atoms with Gasteiger partial charge in [-0.3, -0.25) is 9.59 Å². The summed E-state index contributed by atoms with van der Waals surface area (Å²) in [5, 5.41) is 17.6. The predicted molar refractivity (Wildman–Crippen MR) is 71.7 cm³/mol. The number of aryl methyl sites for hydroxylation is 1. The highest BCUT2D eigenvalue weighted by molar-refractivity contribution is 5.76. The molecule has 0 unspecified atom stereocenters. The van der Waals surface area contributed by atoms with Crippen LogP contribution in [0.3, 0.4) is 0 Å². The third kappa shape index (κ3) is 4.63. The maximum atomic E-state index is 10.2. The number of phenolic OH excluding ortho intramolecular Hbond substituents is 2. The second kappa shape index (κ2) is 6.96. The summed E-state index contributed by atoms with van der Waals surface area (Å²) in [5.74, 6) is -0.491. The van der Waals surface area contributed by atoms with E-state index >= 15 is 0 Å². The van der Waals surface area contributed by atoms with Crippen LogP contribution in [0.15, 0.2) is 42.5 Å². The highest BCUT2D eigenvalue weighted by Crippen LogP contribution is 2.23.